The predicted octanol–water partition coefficient (Wildman–Crippen LogP) is 3.28. The van der Waals surface area contributed by atoms with Crippen molar-refractivity contribution >= 4 is 15.9 Å². The van der Waals surface area contributed by atoms with Gasteiger partial charge in [-0.2, -0.15) is 0 Å². The summed E-state index contributed by atoms with van der Waals surface area (Å²) in [6.45, 7) is 1.92. The van der Waals surface area contributed by atoms with Crippen molar-refractivity contribution < 1.29 is 4.74 Å². The van der Waals surface area contributed by atoms with Crippen molar-refractivity contribution in [3.63, 3.8) is 0 Å². The normalized spacial score (nSPS) is 10.6. The summed E-state index contributed by atoms with van der Waals surface area (Å²) in [5.74, 6) is 0. The molecule has 3 nitrogen and oxygen atoms in total. The molecule has 0 saturated heterocycles. The Morgan fingerprint density at radius 2 is 1.79 bits per heavy atom. The number of pyridine rings is 1. The molecule has 0 radical (unpaired) electrons. The van der Waals surface area contributed by atoms with Crippen molar-refractivity contribution in [3.8, 4) is 0 Å². The van der Waals surface area contributed by atoms with Gasteiger partial charge >= 0.3 is 0 Å². The largest absolute Gasteiger partial charge is 0.370 e. The number of ether oxygens (including phenoxy) is 1. The lowest BCUT2D eigenvalue weighted by Gasteiger charge is -2.06. The van der Waals surface area contributed by atoms with Crippen LogP contribution in [0.1, 0.15) is 17.0 Å². The molecule has 0 unspecified atom stereocenters. The number of rotatable bonds is 6. The first kappa shape index (κ1) is 14.2. The molecule has 0 amide bonds. The maximum atomic E-state index is 5.68. The average molecular weight is 321 g/mol. The van der Waals surface area contributed by atoms with Gasteiger partial charge in [-0.1, -0.05) is 34.1 Å². The van der Waals surface area contributed by atoms with Gasteiger partial charge in [0.25, 0.3) is 0 Å². The molecule has 2 aromatic rings. The summed E-state index contributed by atoms with van der Waals surface area (Å²) in [5, 5.41) is 3.09. The lowest BCUT2D eigenvalue weighted by atomic mass is 10.2. The van der Waals surface area contributed by atoms with Crippen LogP contribution in [0, 0.1) is 0 Å². The van der Waals surface area contributed by atoms with E-state index in [1.54, 1.807) is 0 Å². The van der Waals surface area contributed by atoms with E-state index in [1.165, 1.54) is 0 Å². The highest BCUT2D eigenvalue weighted by Gasteiger charge is 1.99. The Kier molecular flexibility index (Phi) is 5.51. The van der Waals surface area contributed by atoms with E-state index in [0.29, 0.717) is 13.2 Å². The Labute approximate surface area is 122 Å². The number of nitrogens with one attached hydrogen (secondary N) is 1. The zero-order valence-corrected chi connectivity index (χ0v) is 12.5. The molecule has 0 saturated carbocycles. The summed E-state index contributed by atoms with van der Waals surface area (Å²) < 4.78 is 6.76. The third-order valence-corrected chi connectivity index (χ3v) is 3.18. The zero-order valence-electron chi connectivity index (χ0n) is 10.9. The highest BCUT2D eigenvalue weighted by Crippen LogP contribution is 2.11. The first-order chi connectivity index (χ1) is 9.28. The molecule has 0 aliphatic rings. The smallest absolute Gasteiger partial charge is 0.0892 e. The molecule has 1 heterocycles. The van der Waals surface area contributed by atoms with E-state index in [9.17, 15) is 0 Å². The van der Waals surface area contributed by atoms with Gasteiger partial charge in [-0.15, -0.1) is 0 Å². The first-order valence-corrected chi connectivity index (χ1v) is 6.99. The monoisotopic (exact) mass is 320 g/mol. The molecule has 4 heteroatoms. The third kappa shape index (κ3) is 4.74. The fourth-order valence-electron chi connectivity index (χ4n) is 1.74. The molecule has 2 rings (SSSR count). The average Bonchev–Trinajstić information content (AvgIpc) is 2.42. The highest BCUT2D eigenvalue weighted by atomic mass is 79.9. The summed E-state index contributed by atoms with van der Waals surface area (Å²) in [4.78, 5) is 4.51. The fourth-order valence-corrected chi connectivity index (χ4v) is 2.01. The molecule has 0 aliphatic heterocycles. The summed E-state index contributed by atoms with van der Waals surface area (Å²) in [6.07, 6.45) is 0. The van der Waals surface area contributed by atoms with Crippen molar-refractivity contribution in [3.05, 3.63) is 63.9 Å². The molecule has 0 fully saturated rings. The predicted molar refractivity (Wildman–Crippen MR) is 79.6 cm³/mol. The number of hydrogen-bond acceptors (Lipinski definition) is 3. The van der Waals surface area contributed by atoms with Crippen LogP contribution in [0.15, 0.2) is 46.9 Å². The second kappa shape index (κ2) is 7.38. The molecule has 1 aromatic carbocycles. The molecule has 19 heavy (non-hydrogen) atoms. The van der Waals surface area contributed by atoms with Gasteiger partial charge in [0.15, 0.2) is 0 Å². The van der Waals surface area contributed by atoms with E-state index in [1.807, 2.05) is 37.4 Å². The van der Waals surface area contributed by atoms with Crippen LogP contribution in [0.3, 0.4) is 0 Å². The lowest BCUT2D eigenvalue weighted by molar-refractivity contribution is 0.104. The Hall–Kier alpha value is -1.23. The van der Waals surface area contributed by atoms with Crippen LogP contribution in [0.2, 0.25) is 0 Å². The minimum Gasteiger partial charge on any atom is -0.370 e. The van der Waals surface area contributed by atoms with Crippen LogP contribution in [0.5, 0.6) is 0 Å². The number of hydrogen-bond donors (Lipinski definition) is 1. The Morgan fingerprint density at radius 3 is 2.53 bits per heavy atom. The molecule has 1 N–H and O–H groups in total. The SMILES string of the molecule is CNCc1cccc(COCc2ccc(Br)cc2)n1. The summed E-state index contributed by atoms with van der Waals surface area (Å²) in [6, 6.07) is 14.1. The van der Waals surface area contributed by atoms with E-state index < -0.39 is 0 Å². The van der Waals surface area contributed by atoms with E-state index >= 15 is 0 Å². The van der Waals surface area contributed by atoms with Crippen molar-refractivity contribution in [2.75, 3.05) is 7.05 Å². The molecule has 100 valence electrons. The number of aromatic nitrogens is 1. The van der Waals surface area contributed by atoms with Gasteiger partial charge in [-0.25, -0.2) is 0 Å². The Morgan fingerprint density at radius 1 is 1.05 bits per heavy atom. The Balaban J connectivity index is 1.85. The van der Waals surface area contributed by atoms with Gasteiger partial charge in [-0.05, 0) is 36.9 Å². The molecular weight excluding hydrogens is 304 g/mol. The van der Waals surface area contributed by atoms with Crippen LogP contribution in [0.4, 0.5) is 0 Å². The van der Waals surface area contributed by atoms with Crippen molar-refractivity contribution in [2.24, 2.45) is 0 Å². The standard InChI is InChI=1S/C15H17BrN2O/c1-17-9-14-3-2-4-15(18-14)11-19-10-12-5-7-13(16)8-6-12/h2-8,17H,9-11H2,1H3. The maximum Gasteiger partial charge on any atom is 0.0892 e. The first-order valence-electron chi connectivity index (χ1n) is 6.19. The van der Waals surface area contributed by atoms with Crippen molar-refractivity contribution in [1.82, 2.24) is 10.3 Å². The van der Waals surface area contributed by atoms with Gasteiger partial charge in [0, 0.05) is 11.0 Å². The quantitative estimate of drug-likeness (QED) is 0.887. The lowest BCUT2D eigenvalue weighted by Crippen LogP contribution is -2.08. The highest BCUT2D eigenvalue weighted by molar-refractivity contribution is 9.10. The summed E-state index contributed by atoms with van der Waals surface area (Å²) >= 11 is 3.42. The van der Waals surface area contributed by atoms with Gasteiger partial charge in [0.2, 0.25) is 0 Å². The van der Waals surface area contributed by atoms with Gasteiger partial charge in [0.05, 0.1) is 24.6 Å². The van der Waals surface area contributed by atoms with Crippen molar-refractivity contribution in [1.29, 1.82) is 0 Å². The molecular formula is C15H17BrN2O. The van der Waals surface area contributed by atoms with Crippen LogP contribution in [-0.4, -0.2) is 12.0 Å². The molecule has 0 spiro atoms. The summed E-state index contributed by atoms with van der Waals surface area (Å²) in [7, 11) is 1.92. The topological polar surface area (TPSA) is 34.1 Å². The van der Waals surface area contributed by atoms with Crippen LogP contribution >= 0.6 is 15.9 Å². The molecule has 0 aliphatic carbocycles. The van der Waals surface area contributed by atoms with E-state index in [-0.39, 0.29) is 0 Å². The number of nitrogens with zero attached hydrogens (tertiary/aromatic N) is 1. The van der Waals surface area contributed by atoms with Gasteiger partial charge in [0.1, 0.15) is 0 Å². The maximum absolute atomic E-state index is 5.68. The van der Waals surface area contributed by atoms with Gasteiger partial charge in [-0.3, -0.25) is 4.98 Å². The van der Waals surface area contributed by atoms with E-state index in [2.05, 4.69) is 38.4 Å². The summed E-state index contributed by atoms with van der Waals surface area (Å²) in [5.41, 5.74) is 3.16. The van der Waals surface area contributed by atoms with Gasteiger partial charge < -0.3 is 10.1 Å². The minimum absolute atomic E-state index is 0.535. The Bertz CT molecular complexity index is 514. The number of benzene rings is 1. The second-order valence-corrected chi connectivity index (χ2v) is 5.19. The zero-order chi connectivity index (χ0) is 13.5. The molecule has 1 aromatic heterocycles. The third-order valence-electron chi connectivity index (χ3n) is 2.65. The van der Waals surface area contributed by atoms with Crippen molar-refractivity contribution in [2.45, 2.75) is 19.8 Å². The number of halogens is 1. The molecule has 0 bridgehead atoms. The van der Waals surface area contributed by atoms with E-state index in [0.717, 1.165) is 28.0 Å². The minimum atomic E-state index is 0.535. The van der Waals surface area contributed by atoms with Crippen LogP contribution in [0.25, 0.3) is 0 Å². The van der Waals surface area contributed by atoms with Crippen LogP contribution < -0.4 is 5.32 Å². The fraction of sp³-hybridized carbons (Fsp3) is 0.267. The van der Waals surface area contributed by atoms with E-state index in [4.69, 9.17) is 4.74 Å². The molecule has 0 atom stereocenters. The second-order valence-electron chi connectivity index (χ2n) is 4.27. The van der Waals surface area contributed by atoms with Crippen LogP contribution in [-0.2, 0) is 24.5 Å².